The van der Waals surface area contributed by atoms with E-state index in [2.05, 4.69) is 22.9 Å². The Bertz CT molecular complexity index is 2320. The summed E-state index contributed by atoms with van der Waals surface area (Å²) < 4.78 is 0. The molecule has 1 fully saturated rings. The van der Waals surface area contributed by atoms with Crippen LogP contribution in [0.2, 0.25) is 0 Å². The van der Waals surface area contributed by atoms with Gasteiger partial charge in [0.1, 0.15) is 41.7 Å². The van der Waals surface area contributed by atoms with Gasteiger partial charge in [0.2, 0.25) is 35.4 Å². The summed E-state index contributed by atoms with van der Waals surface area (Å²) in [6.07, 6.45) is 14.6. The fourth-order valence-electron chi connectivity index (χ4n) is 9.85. The Morgan fingerprint density at radius 1 is 0.747 bits per heavy atom. The first-order valence-corrected chi connectivity index (χ1v) is 27.0. The fraction of sp³-hybridized carbons (Fsp3) is 0.625. The predicted molar refractivity (Wildman–Crippen MR) is 281 cm³/mol. The SMILES string of the molecule is CCCCCCCCCCCCCCCC(=O)N(C)[C@H](CO)C(=O)N[C@H](C)C(=O)CCC(=O)N(C)[C@@H]1C(=O)C[C@@H](C)C(=O)N[C@H](C(=O)N[C@@H](C)C(=O)N2CCCC2C(=O)O)Cc2ccc(O)c(c2)-c2cc1ccc2O. The van der Waals surface area contributed by atoms with Crippen molar-refractivity contribution in [1.29, 1.82) is 0 Å². The Labute approximate surface area is 441 Å². The van der Waals surface area contributed by atoms with E-state index < -0.39 is 109 Å². The number of likely N-dealkylation sites (tertiary alicyclic amines) is 1. The Morgan fingerprint density at radius 2 is 1.33 bits per heavy atom. The minimum atomic E-state index is -1.38. The number of unbranched alkanes of at least 4 members (excludes halogenated alkanes) is 12. The minimum absolute atomic E-state index is 0.0753. The molecule has 2 aliphatic rings. The number of nitrogens with zero attached hydrogens (tertiary/aromatic N) is 3. The summed E-state index contributed by atoms with van der Waals surface area (Å²) in [5.41, 5.74) is 0.804. The maximum atomic E-state index is 14.4. The number of Topliss-reactive ketones (excluding diaryl/α,β-unsaturated/α-hetero) is 2. The third-order valence-electron chi connectivity index (χ3n) is 14.6. The number of fused-ring (bicyclic) bond motifs is 5. The number of phenols is 2. The molecular formula is C56H82N6O13. The maximum absolute atomic E-state index is 14.4. The summed E-state index contributed by atoms with van der Waals surface area (Å²) in [7, 11) is 2.78. The lowest BCUT2D eigenvalue weighted by Crippen LogP contribution is -2.55. The highest BCUT2D eigenvalue weighted by molar-refractivity contribution is 5.98. The van der Waals surface area contributed by atoms with Crippen molar-refractivity contribution in [2.24, 2.45) is 5.92 Å². The maximum Gasteiger partial charge on any atom is 0.326 e. The number of rotatable bonds is 27. The van der Waals surface area contributed by atoms with E-state index in [1.165, 1.54) is 139 Å². The summed E-state index contributed by atoms with van der Waals surface area (Å²) in [4.78, 5) is 124. The number of carbonyl (C=O) groups is 9. The van der Waals surface area contributed by atoms with Crippen LogP contribution in [0.15, 0.2) is 36.4 Å². The average molecular weight is 1050 g/mol. The molecule has 2 aromatic carbocycles. The molecule has 0 aromatic heterocycles. The van der Waals surface area contributed by atoms with E-state index in [-0.39, 0.29) is 66.3 Å². The lowest BCUT2D eigenvalue weighted by molar-refractivity contribution is -0.149. The molecule has 6 amide bonds. The van der Waals surface area contributed by atoms with E-state index >= 15 is 0 Å². The van der Waals surface area contributed by atoms with Crippen LogP contribution in [0.5, 0.6) is 11.5 Å². The molecule has 0 radical (unpaired) electrons. The van der Waals surface area contributed by atoms with Crippen LogP contribution in [0, 0.1) is 5.92 Å². The second kappa shape index (κ2) is 30.2. The standard InChI is InChI=1S/C56H82N6O13/c1-7-8-9-10-11-12-13-14-15-16-17-18-19-22-49(68)60(5)44(34-63)54(72)57-36(3)45(64)27-28-50(69)61(6)51-39-24-26-47(66)41(33-39)40-31-38(23-25-46(40)65)32-42(59-52(70)35(2)30-48(51)67)53(71)58-37(4)55(73)62-29-20-21-43(62)56(74)75/h23-26,31,33,35-37,42-44,51,63,65-66H,7-22,27-30,32,34H2,1-6H3,(H,57,72)(H,58,71)(H,59,70)(H,74,75)/t35-,36-,37+,42+,43?,44-,51+/m1/s1. The lowest BCUT2D eigenvalue weighted by atomic mass is 9.89. The number of hydrogen-bond donors (Lipinski definition) is 7. The van der Waals surface area contributed by atoms with E-state index in [0.717, 1.165) is 24.2 Å². The van der Waals surface area contributed by atoms with E-state index in [0.29, 0.717) is 18.4 Å². The average Bonchev–Trinajstić information content (AvgIpc) is 3.88. The van der Waals surface area contributed by atoms with Gasteiger partial charge in [0.05, 0.1) is 12.6 Å². The first-order chi connectivity index (χ1) is 35.7. The van der Waals surface area contributed by atoms with E-state index in [1.807, 2.05) is 0 Å². The van der Waals surface area contributed by atoms with Crippen molar-refractivity contribution < 1.29 is 63.6 Å². The van der Waals surface area contributed by atoms with Gasteiger partial charge in [-0.05, 0) is 68.5 Å². The second-order valence-corrected chi connectivity index (χ2v) is 20.5. The first kappa shape index (κ1) is 61.2. The van der Waals surface area contributed by atoms with Gasteiger partial charge in [-0.2, -0.15) is 0 Å². The number of ketones is 2. The molecule has 19 nitrogen and oxygen atoms in total. The van der Waals surface area contributed by atoms with Crippen molar-refractivity contribution in [2.45, 2.75) is 192 Å². The van der Waals surface area contributed by atoms with Crippen LogP contribution in [0.4, 0.5) is 0 Å². The van der Waals surface area contributed by atoms with Crippen molar-refractivity contribution in [3.8, 4) is 22.6 Å². The third kappa shape index (κ3) is 17.9. The van der Waals surface area contributed by atoms with Crippen LogP contribution < -0.4 is 16.0 Å². The van der Waals surface area contributed by atoms with Crippen molar-refractivity contribution in [3.63, 3.8) is 0 Å². The molecule has 0 aliphatic carbocycles. The number of aromatic hydroxyl groups is 2. The highest BCUT2D eigenvalue weighted by atomic mass is 16.4. The number of benzene rings is 2. The zero-order valence-electron chi connectivity index (χ0n) is 44.9. The van der Waals surface area contributed by atoms with E-state index in [1.54, 1.807) is 0 Å². The van der Waals surface area contributed by atoms with Crippen molar-refractivity contribution >= 4 is 53.0 Å². The largest absolute Gasteiger partial charge is 0.507 e. The molecule has 1 saturated heterocycles. The lowest BCUT2D eigenvalue weighted by Gasteiger charge is -2.30. The van der Waals surface area contributed by atoms with Crippen LogP contribution in [-0.4, -0.2) is 146 Å². The summed E-state index contributed by atoms with van der Waals surface area (Å²) in [5.74, 6) is -7.78. The quantitative estimate of drug-likeness (QED) is 0.0535. The minimum Gasteiger partial charge on any atom is -0.507 e. The van der Waals surface area contributed by atoms with Crippen LogP contribution in [0.3, 0.4) is 0 Å². The Kier molecular flexibility index (Phi) is 24.7. The van der Waals surface area contributed by atoms with Gasteiger partial charge in [0, 0.05) is 69.8 Å². The van der Waals surface area contributed by atoms with Crippen molar-refractivity contribution in [2.75, 3.05) is 27.2 Å². The normalized spacial score (nSPS) is 18.9. The number of nitrogens with one attached hydrogen (secondary N) is 3. The molecule has 1 unspecified atom stereocenters. The van der Waals surface area contributed by atoms with Crippen LogP contribution in [0.25, 0.3) is 11.1 Å². The molecule has 0 saturated carbocycles. The van der Waals surface area contributed by atoms with Crippen LogP contribution >= 0.6 is 0 Å². The number of aliphatic hydroxyl groups excluding tert-OH is 1. The molecule has 0 spiro atoms. The topological polar surface area (TPSA) is 280 Å². The highest BCUT2D eigenvalue weighted by Gasteiger charge is 2.38. The monoisotopic (exact) mass is 1050 g/mol. The van der Waals surface area contributed by atoms with Gasteiger partial charge in [0.25, 0.3) is 0 Å². The van der Waals surface area contributed by atoms with Gasteiger partial charge >= 0.3 is 5.97 Å². The van der Waals surface area contributed by atoms with Crippen molar-refractivity contribution in [1.82, 2.24) is 30.7 Å². The van der Waals surface area contributed by atoms with Gasteiger partial charge in [-0.25, -0.2) is 4.79 Å². The molecular weight excluding hydrogens is 965 g/mol. The smallest absolute Gasteiger partial charge is 0.326 e. The molecule has 4 bridgehead atoms. The number of carboxylic acid groups (broad SMARTS) is 1. The summed E-state index contributed by atoms with van der Waals surface area (Å²) in [5, 5.41) is 49.8. The van der Waals surface area contributed by atoms with Crippen LogP contribution in [-0.2, 0) is 49.6 Å². The third-order valence-corrected chi connectivity index (χ3v) is 14.6. The number of carbonyl (C=O) groups excluding carboxylic acids is 8. The summed E-state index contributed by atoms with van der Waals surface area (Å²) >= 11 is 0. The zero-order chi connectivity index (χ0) is 55.4. The van der Waals surface area contributed by atoms with Gasteiger partial charge in [-0.1, -0.05) is 103 Å². The van der Waals surface area contributed by atoms with Gasteiger partial charge < -0.3 is 51.1 Å². The van der Waals surface area contributed by atoms with E-state index in [9.17, 15) is 63.6 Å². The molecule has 7 atom stereocenters. The molecule has 4 rings (SSSR count). The highest BCUT2D eigenvalue weighted by Crippen LogP contribution is 2.39. The van der Waals surface area contributed by atoms with Crippen molar-refractivity contribution in [3.05, 3.63) is 47.5 Å². The number of aliphatic carboxylic acids is 1. The first-order valence-electron chi connectivity index (χ1n) is 27.0. The number of phenolic OH excluding ortho intramolecular Hbond substituents is 2. The Hall–Kier alpha value is -6.37. The summed E-state index contributed by atoms with van der Waals surface area (Å²) in [6.45, 7) is 6.03. The molecule has 19 heteroatoms. The number of hydrogen-bond acceptors (Lipinski definition) is 12. The van der Waals surface area contributed by atoms with Gasteiger partial charge in [0.15, 0.2) is 11.6 Å². The molecule has 414 valence electrons. The Balaban J connectivity index is 1.39. The number of amides is 6. The van der Waals surface area contributed by atoms with Gasteiger partial charge in [-0.3, -0.25) is 38.4 Å². The predicted octanol–water partition coefficient (Wildman–Crippen LogP) is 5.64. The summed E-state index contributed by atoms with van der Waals surface area (Å²) in [6, 6.07) is 1.19. The molecule has 75 heavy (non-hydrogen) atoms. The molecule has 2 aliphatic heterocycles. The second-order valence-electron chi connectivity index (χ2n) is 20.5. The zero-order valence-corrected chi connectivity index (χ0v) is 44.9. The van der Waals surface area contributed by atoms with Crippen LogP contribution in [0.1, 0.15) is 167 Å². The van der Waals surface area contributed by atoms with Gasteiger partial charge in [-0.15, -0.1) is 0 Å². The number of aliphatic hydroxyl groups is 1. The number of likely N-dealkylation sites (N-methyl/N-ethyl adjacent to an activating group) is 2. The molecule has 7 N–H and O–H groups in total. The fourth-order valence-corrected chi connectivity index (χ4v) is 9.85. The Morgan fingerprint density at radius 3 is 1.93 bits per heavy atom. The number of carboxylic acids is 1. The molecule has 2 heterocycles. The molecule has 2 aromatic rings. The van der Waals surface area contributed by atoms with E-state index in [4.69, 9.17) is 0 Å².